The van der Waals surface area contributed by atoms with Gasteiger partial charge >= 0.3 is 0 Å². The number of thioether (sulfide) groups is 1. The van der Waals surface area contributed by atoms with Crippen molar-refractivity contribution in [3.8, 4) is 5.75 Å². The number of carbonyl (C=O) groups excluding carboxylic acids is 1. The van der Waals surface area contributed by atoms with Gasteiger partial charge in [-0.25, -0.2) is 0 Å². The van der Waals surface area contributed by atoms with E-state index >= 15 is 0 Å². The number of nitrogens with zero attached hydrogens (tertiary/aromatic N) is 2. The first kappa shape index (κ1) is 16.5. The largest absolute Gasteiger partial charge is 0.507 e. The average molecular weight is 341 g/mol. The van der Waals surface area contributed by atoms with Gasteiger partial charge in [-0.05, 0) is 23.3 Å². The molecule has 124 valence electrons. The summed E-state index contributed by atoms with van der Waals surface area (Å²) in [5.74, 6) is 0.150. The number of fused-ring (bicyclic) bond motifs is 1. The molecule has 2 aromatic rings. The molecule has 2 N–H and O–H groups in total. The highest BCUT2D eigenvalue weighted by molar-refractivity contribution is 8.15. The molecule has 24 heavy (non-hydrogen) atoms. The molecule has 1 saturated heterocycles. The Balaban J connectivity index is 1.78. The SMILES string of the molecule is CCCC[C@@H]1SC(=N/N=C\c2c(O)ccc3ccccc23)NC1=O. The van der Waals surface area contributed by atoms with Crippen molar-refractivity contribution in [1.29, 1.82) is 0 Å². The minimum Gasteiger partial charge on any atom is -0.507 e. The van der Waals surface area contributed by atoms with Crippen LogP contribution >= 0.6 is 11.8 Å². The predicted molar refractivity (Wildman–Crippen MR) is 99.7 cm³/mol. The molecule has 0 bridgehead atoms. The van der Waals surface area contributed by atoms with E-state index in [0.29, 0.717) is 10.7 Å². The van der Waals surface area contributed by atoms with Crippen molar-refractivity contribution in [1.82, 2.24) is 5.32 Å². The second-order valence-electron chi connectivity index (χ2n) is 5.61. The van der Waals surface area contributed by atoms with Crippen LogP contribution in [0.1, 0.15) is 31.7 Å². The maximum absolute atomic E-state index is 11.8. The van der Waals surface area contributed by atoms with Crippen molar-refractivity contribution in [2.75, 3.05) is 0 Å². The zero-order chi connectivity index (χ0) is 16.9. The van der Waals surface area contributed by atoms with E-state index in [-0.39, 0.29) is 16.9 Å². The molecule has 1 heterocycles. The first-order valence-corrected chi connectivity index (χ1v) is 8.86. The summed E-state index contributed by atoms with van der Waals surface area (Å²) in [7, 11) is 0. The van der Waals surface area contributed by atoms with Crippen LogP contribution in [0.15, 0.2) is 46.6 Å². The number of phenols is 1. The zero-order valence-electron chi connectivity index (χ0n) is 13.4. The van der Waals surface area contributed by atoms with Crippen molar-refractivity contribution >= 4 is 39.8 Å². The molecule has 5 nitrogen and oxygen atoms in total. The number of amides is 1. The second-order valence-corrected chi connectivity index (χ2v) is 6.80. The number of phenolic OH excluding ortho intramolecular Hbond substituents is 1. The van der Waals surface area contributed by atoms with E-state index in [0.717, 1.165) is 30.0 Å². The maximum atomic E-state index is 11.8. The molecule has 0 aliphatic carbocycles. The number of benzene rings is 2. The fourth-order valence-electron chi connectivity index (χ4n) is 2.59. The molecule has 2 aromatic carbocycles. The number of hydrogen-bond donors (Lipinski definition) is 2. The lowest BCUT2D eigenvalue weighted by molar-refractivity contribution is -0.118. The van der Waals surface area contributed by atoms with Crippen LogP contribution in [0.2, 0.25) is 0 Å². The summed E-state index contributed by atoms with van der Waals surface area (Å²) in [5.41, 5.74) is 0.620. The summed E-state index contributed by atoms with van der Waals surface area (Å²) in [6.45, 7) is 2.10. The van der Waals surface area contributed by atoms with Crippen LogP contribution in [-0.4, -0.2) is 27.6 Å². The third kappa shape index (κ3) is 3.59. The summed E-state index contributed by atoms with van der Waals surface area (Å²) >= 11 is 1.41. The van der Waals surface area contributed by atoms with Crippen molar-refractivity contribution in [3.05, 3.63) is 42.0 Å². The molecule has 6 heteroatoms. The predicted octanol–water partition coefficient (Wildman–Crippen LogP) is 3.66. The number of rotatable bonds is 5. The minimum atomic E-state index is -0.0788. The fourth-order valence-corrected chi connectivity index (χ4v) is 3.56. The summed E-state index contributed by atoms with van der Waals surface area (Å²) < 4.78 is 0. The number of unbranched alkanes of at least 4 members (excludes halogenated alkanes) is 1. The van der Waals surface area contributed by atoms with Crippen LogP contribution in [0.3, 0.4) is 0 Å². The van der Waals surface area contributed by atoms with Crippen molar-refractivity contribution < 1.29 is 9.90 Å². The molecule has 1 aliphatic heterocycles. The van der Waals surface area contributed by atoms with Gasteiger partial charge in [0, 0.05) is 5.56 Å². The van der Waals surface area contributed by atoms with Gasteiger partial charge in [-0.15, -0.1) is 5.10 Å². The van der Waals surface area contributed by atoms with Crippen molar-refractivity contribution in [3.63, 3.8) is 0 Å². The van der Waals surface area contributed by atoms with Gasteiger partial charge in [0.2, 0.25) is 5.91 Å². The Morgan fingerprint density at radius 3 is 2.96 bits per heavy atom. The Kier molecular flexibility index (Phi) is 5.15. The van der Waals surface area contributed by atoms with E-state index < -0.39 is 0 Å². The first-order chi connectivity index (χ1) is 11.7. The normalized spacial score (nSPS) is 19.5. The molecule has 1 aliphatic rings. The lowest BCUT2D eigenvalue weighted by atomic mass is 10.0. The Morgan fingerprint density at radius 2 is 2.12 bits per heavy atom. The third-order valence-corrected chi connectivity index (χ3v) is 5.02. The molecule has 3 rings (SSSR count). The van der Waals surface area contributed by atoms with Crippen molar-refractivity contribution in [2.45, 2.75) is 31.4 Å². The van der Waals surface area contributed by atoms with Gasteiger partial charge in [0.05, 0.1) is 11.5 Å². The van der Waals surface area contributed by atoms with E-state index in [1.165, 1.54) is 18.0 Å². The Bertz CT molecular complexity index is 817. The summed E-state index contributed by atoms with van der Waals surface area (Å²) in [6.07, 6.45) is 4.46. The standard InChI is InChI=1S/C18H19N3O2S/c1-2-3-8-16-17(23)20-18(24-16)21-19-11-14-13-7-5-4-6-12(13)9-10-15(14)22/h4-7,9-11,16,22H,2-3,8H2,1H3,(H,20,21,23)/b19-11-/t16-/m0/s1. The topological polar surface area (TPSA) is 74.1 Å². The highest BCUT2D eigenvalue weighted by atomic mass is 32.2. The highest BCUT2D eigenvalue weighted by Gasteiger charge is 2.29. The number of nitrogens with one attached hydrogen (secondary N) is 1. The van der Waals surface area contributed by atoms with Gasteiger partial charge in [0.25, 0.3) is 0 Å². The van der Waals surface area contributed by atoms with Crippen LogP contribution < -0.4 is 5.32 Å². The summed E-state index contributed by atoms with van der Waals surface area (Å²) in [4.78, 5) is 11.8. The van der Waals surface area contributed by atoms with Gasteiger partial charge in [0.1, 0.15) is 5.75 Å². The van der Waals surface area contributed by atoms with Gasteiger partial charge in [0.15, 0.2) is 5.17 Å². The van der Waals surface area contributed by atoms with Gasteiger partial charge < -0.3 is 10.4 Å². The zero-order valence-corrected chi connectivity index (χ0v) is 14.2. The molecule has 1 amide bonds. The lowest BCUT2D eigenvalue weighted by Gasteiger charge is -2.03. The molecular formula is C18H19N3O2S. The Hall–Kier alpha value is -2.34. The van der Waals surface area contributed by atoms with Crippen LogP contribution in [0.4, 0.5) is 0 Å². The summed E-state index contributed by atoms with van der Waals surface area (Å²) in [5, 5.41) is 23.3. The summed E-state index contributed by atoms with van der Waals surface area (Å²) in [6, 6.07) is 11.3. The van der Waals surface area contributed by atoms with Crippen LogP contribution in [0, 0.1) is 0 Å². The molecule has 0 unspecified atom stereocenters. The number of hydrogen-bond acceptors (Lipinski definition) is 5. The molecule has 1 fully saturated rings. The number of carbonyl (C=O) groups is 1. The maximum Gasteiger partial charge on any atom is 0.239 e. The quantitative estimate of drug-likeness (QED) is 0.644. The van der Waals surface area contributed by atoms with E-state index in [1.54, 1.807) is 6.07 Å². The smallest absolute Gasteiger partial charge is 0.239 e. The van der Waals surface area contributed by atoms with E-state index in [9.17, 15) is 9.90 Å². The molecule has 1 atom stereocenters. The molecule has 0 radical (unpaired) electrons. The molecule has 0 spiro atoms. The number of aromatic hydroxyl groups is 1. The van der Waals surface area contributed by atoms with Gasteiger partial charge in [-0.3, -0.25) is 4.79 Å². The van der Waals surface area contributed by atoms with Crippen LogP contribution in [0.5, 0.6) is 5.75 Å². The van der Waals surface area contributed by atoms with Gasteiger partial charge in [-0.2, -0.15) is 5.10 Å². The Morgan fingerprint density at radius 1 is 1.29 bits per heavy atom. The Labute approximate surface area is 144 Å². The molecule has 0 saturated carbocycles. The minimum absolute atomic E-state index is 0.00425. The van der Waals surface area contributed by atoms with Crippen molar-refractivity contribution in [2.24, 2.45) is 10.2 Å². The van der Waals surface area contributed by atoms with E-state index in [2.05, 4.69) is 22.4 Å². The van der Waals surface area contributed by atoms with Gasteiger partial charge in [-0.1, -0.05) is 61.9 Å². The molecular weight excluding hydrogens is 322 g/mol. The van der Waals surface area contributed by atoms with Crippen LogP contribution in [0.25, 0.3) is 10.8 Å². The number of amidine groups is 1. The van der Waals surface area contributed by atoms with E-state index in [4.69, 9.17) is 0 Å². The van der Waals surface area contributed by atoms with Crippen LogP contribution in [-0.2, 0) is 4.79 Å². The fraction of sp³-hybridized carbons (Fsp3) is 0.278. The average Bonchev–Trinajstić information content (AvgIpc) is 2.94. The molecule has 0 aromatic heterocycles. The van der Waals surface area contributed by atoms with E-state index in [1.807, 2.05) is 30.3 Å². The first-order valence-electron chi connectivity index (χ1n) is 7.98. The highest BCUT2D eigenvalue weighted by Crippen LogP contribution is 2.26. The third-order valence-electron chi connectivity index (χ3n) is 3.88. The monoisotopic (exact) mass is 341 g/mol. The lowest BCUT2D eigenvalue weighted by Crippen LogP contribution is -2.24. The second kappa shape index (κ2) is 7.49.